The van der Waals surface area contributed by atoms with Crippen LogP contribution in [-0.4, -0.2) is 6.18 Å². The van der Waals surface area contributed by atoms with Crippen molar-refractivity contribution in [3.63, 3.8) is 0 Å². The zero-order chi connectivity index (χ0) is 11.2. The zero-order valence-corrected chi connectivity index (χ0v) is 8.91. The number of hydrogen-bond donors (Lipinski definition) is 0. The van der Waals surface area contributed by atoms with Crippen LogP contribution in [0, 0.1) is 23.7 Å². The summed E-state index contributed by atoms with van der Waals surface area (Å²) in [7, 11) is 0. The van der Waals surface area contributed by atoms with Crippen molar-refractivity contribution in [2.75, 3.05) is 0 Å². The Kier molecular flexibility index (Phi) is 5.68. The molecule has 0 saturated heterocycles. The molecule has 0 aliphatic heterocycles. The predicted octanol–water partition coefficient (Wildman–Crippen LogP) is 4.01. The number of alkyl halides is 3. The summed E-state index contributed by atoms with van der Waals surface area (Å²) in [5.41, 5.74) is 0. The smallest absolute Gasteiger partial charge is 0.170 e. The summed E-state index contributed by atoms with van der Waals surface area (Å²) in [4.78, 5) is 0. The number of halogens is 3. The molecule has 3 heteroatoms. The largest absolute Gasteiger partial charge is 0.402 e. The van der Waals surface area contributed by atoms with Gasteiger partial charge >= 0.3 is 6.18 Å². The maximum atomic E-state index is 12.0. The SMILES string of the molecule is CC(C)CCCC#CC(C)C(F)(F)F. The lowest BCUT2D eigenvalue weighted by molar-refractivity contribution is -0.153. The van der Waals surface area contributed by atoms with Crippen molar-refractivity contribution in [2.45, 2.75) is 46.2 Å². The van der Waals surface area contributed by atoms with E-state index in [1.165, 1.54) is 0 Å². The molecule has 0 heterocycles. The van der Waals surface area contributed by atoms with E-state index in [4.69, 9.17) is 0 Å². The molecule has 0 bridgehead atoms. The fourth-order valence-corrected chi connectivity index (χ4v) is 0.906. The Morgan fingerprint density at radius 1 is 1.14 bits per heavy atom. The third-order valence-corrected chi connectivity index (χ3v) is 1.89. The molecular weight excluding hydrogens is 189 g/mol. The van der Waals surface area contributed by atoms with E-state index in [1.807, 2.05) is 0 Å². The van der Waals surface area contributed by atoms with Crippen LogP contribution < -0.4 is 0 Å². The van der Waals surface area contributed by atoms with Gasteiger partial charge in [0.1, 0.15) is 5.92 Å². The number of unbranched alkanes of at least 4 members (excludes halogenated alkanes) is 1. The molecule has 1 atom stereocenters. The van der Waals surface area contributed by atoms with E-state index >= 15 is 0 Å². The van der Waals surface area contributed by atoms with Crippen LogP contribution in [0.15, 0.2) is 0 Å². The Labute approximate surface area is 83.9 Å². The molecule has 0 amide bonds. The first kappa shape index (κ1) is 13.4. The van der Waals surface area contributed by atoms with E-state index in [-0.39, 0.29) is 0 Å². The Morgan fingerprint density at radius 2 is 1.71 bits per heavy atom. The predicted molar refractivity (Wildman–Crippen MR) is 51.7 cm³/mol. The van der Waals surface area contributed by atoms with Crippen molar-refractivity contribution in [2.24, 2.45) is 11.8 Å². The highest BCUT2D eigenvalue weighted by atomic mass is 19.4. The molecule has 0 rings (SSSR count). The standard InChI is InChI=1S/C11H17F3/c1-9(2)7-5-4-6-8-10(3)11(12,13)14/h9-10H,4-5,7H2,1-3H3. The van der Waals surface area contributed by atoms with E-state index < -0.39 is 12.1 Å². The Hall–Kier alpha value is -0.650. The molecule has 0 nitrogen and oxygen atoms in total. The molecule has 0 fully saturated rings. The molecule has 14 heavy (non-hydrogen) atoms. The molecule has 0 saturated carbocycles. The van der Waals surface area contributed by atoms with Gasteiger partial charge in [-0.2, -0.15) is 13.2 Å². The highest BCUT2D eigenvalue weighted by molar-refractivity contribution is 5.04. The van der Waals surface area contributed by atoms with Gasteiger partial charge < -0.3 is 0 Å². The fourth-order valence-electron chi connectivity index (χ4n) is 0.906. The van der Waals surface area contributed by atoms with Crippen LogP contribution in [0.1, 0.15) is 40.0 Å². The molecular formula is C11H17F3. The Morgan fingerprint density at radius 3 is 2.14 bits per heavy atom. The van der Waals surface area contributed by atoms with E-state index in [1.54, 1.807) is 0 Å². The highest BCUT2D eigenvalue weighted by Crippen LogP contribution is 2.24. The van der Waals surface area contributed by atoms with Gasteiger partial charge in [-0.25, -0.2) is 0 Å². The van der Waals surface area contributed by atoms with Crippen molar-refractivity contribution in [3.05, 3.63) is 0 Å². The van der Waals surface area contributed by atoms with Gasteiger partial charge in [0.2, 0.25) is 0 Å². The van der Waals surface area contributed by atoms with Gasteiger partial charge in [-0.3, -0.25) is 0 Å². The first-order valence-corrected chi connectivity index (χ1v) is 4.89. The minimum absolute atomic E-state index is 0.568. The molecule has 82 valence electrons. The fraction of sp³-hybridized carbons (Fsp3) is 0.818. The number of rotatable bonds is 3. The third-order valence-electron chi connectivity index (χ3n) is 1.89. The topological polar surface area (TPSA) is 0 Å². The normalized spacial score (nSPS) is 13.6. The van der Waals surface area contributed by atoms with Crippen LogP contribution in [0.5, 0.6) is 0 Å². The second kappa shape index (κ2) is 5.95. The van der Waals surface area contributed by atoms with E-state index in [0.29, 0.717) is 12.3 Å². The van der Waals surface area contributed by atoms with Crippen LogP contribution in [0.2, 0.25) is 0 Å². The van der Waals surface area contributed by atoms with Crippen molar-refractivity contribution in [3.8, 4) is 11.8 Å². The molecule has 0 aromatic carbocycles. The Balaban J connectivity index is 3.72. The summed E-state index contributed by atoms with van der Waals surface area (Å²) in [6.07, 6.45) is -1.70. The van der Waals surface area contributed by atoms with Crippen LogP contribution >= 0.6 is 0 Å². The van der Waals surface area contributed by atoms with Crippen LogP contribution in [0.25, 0.3) is 0 Å². The third kappa shape index (κ3) is 6.82. The minimum atomic E-state index is -4.18. The van der Waals surface area contributed by atoms with Crippen molar-refractivity contribution < 1.29 is 13.2 Å². The summed E-state index contributed by atoms with van der Waals surface area (Å²) < 4.78 is 36.0. The maximum Gasteiger partial charge on any atom is 0.402 e. The maximum absolute atomic E-state index is 12.0. The lowest BCUT2D eigenvalue weighted by Gasteiger charge is -2.08. The average Bonchev–Trinajstić information content (AvgIpc) is 2.01. The molecule has 0 aromatic rings. The van der Waals surface area contributed by atoms with Crippen molar-refractivity contribution in [1.29, 1.82) is 0 Å². The van der Waals surface area contributed by atoms with Crippen molar-refractivity contribution in [1.82, 2.24) is 0 Å². The van der Waals surface area contributed by atoms with Gasteiger partial charge in [0.15, 0.2) is 0 Å². The van der Waals surface area contributed by atoms with E-state index in [0.717, 1.165) is 19.8 Å². The summed E-state index contributed by atoms with van der Waals surface area (Å²) in [5.74, 6) is 3.89. The van der Waals surface area contributed by atoms with Crippen LogP contribution in [0.4, 0.5) is 13.2 Å². The van der Waals surface area contributed by atoms with Gasteiger partial charge in [0.25, 0.3) is 0 Å². The van der Waals surface area contributed by atoms with Crippen molar-refractivity contribution >= 4 is 0 Å². The molecule has 0 radical (unpaired) electrons. The van der Waals surface area contributed by atoms with Gasteiger partial charge in [-0.1, -0.05) is 26.2 Å². The molecule has 0 aliphatic rings. The second-order valence-electron chi connectivity index (χ2n) is 3.87. The lowest BCUT2D eigenvalue weighted by atomic mass is 10.1. The molecule has 0 N–H and O–H groups in total. The highest BCUT2D eigenvalue weighted by Gasteiger charge is 2.34. The van der Waals surface area contributed by atoms with E-state index in [9.17, 15) is 13.2 Å². The zero-order valence-electron chi connectivity index (χ0n) is 8.91. The monoisotopic (exact) mass is 206 g/mol. The molecule has 0 spiro atoms. The molecule has 1 unspecified atom stereocenters. The Bertz CT molecular complexity index is 205. The average molecular weight is 206 g/mol. The van der Waals surface area contributed by atoms with Gasteiger partial charge in [-0.15, -0.1) is 5.92 Å². The van der Waals surface area contributed by atoms with Crippen LogP contribution in [-0.2, 0) is 0 Å². The first-order chi connectivity index (χ1) is 6.34. The first-order valence-electron chi connectivity index (χ1n) is 4.89. The van der Waals surface area contributed by atoms with Gasteiger partial charge in [0.05, 0.1) is 0 Å². The summed E-state index contributed by atoms with van der Waals surface area (Å²) in [6, 6.07) is 0. The quantitative estimate of drug-likeness (QED) is 0.483. The van der Waals surface area contributed by atoms with Gasteiger partial charge in [-0.05, 0) is 19.3 Å². The lowest BCUT2D eigenvalue weighted by Crippen LogP contribution is -2.17. The minimum Gasteiger partial charge on any atom is -0.170 e. The molecule has 0 aliphatic carbocycles. The van der Waals surface area contributed by atoms with Gasteiger partial charge in [0, 0.05) is 6.42 Å². The second-order valence-corrected chi connectivity index (χ2v) is 3.87. The van der Waals surface area contributed by atoms with E-state index in [2.05, 4.69) is 25.7 Å². The summed E-state index contributed by atoms with van der Waals surface area (Å²) >= 11 is 0. The van der Waals surface area contributed by atoms with Crippen LogP contribution in [0.3, 0.4) is 0 Å². The number of hydrogen-bond acceptors (Lipinski definition) is 0. The summed E-state index contributed by atoms with van der Waals surface area (Å²) in [5, 5.41) is 0. The molecule has 0 aromatic heterocycles. The summed E-state index contributed by atoms with van der Waals surface area (Å²) in [6.45, 7) is 5.27.